The number of esters is 2. The van der Waals surface area contributed by atoms with E-state index in [0.717, 1.165) is 0 Å². The van der Waals surface area contributed by atoms with Gasteiger partial charge in [-0.25, -0.2) is 9.59 Å². The molecule has 7 nitrogen and oxygen atoms in total. The zero-order chi connectivity index (χ0) is 15.3. The van der Waals surface area contributed by atoms with E-state index in [0.29, 0.717) is 5.75 Å². The first-order valence-corrected chi connectivity index (χ1v) is 5.74. The maximum Gasteiger partial charge on any atom is 0.346 e. The zero-order valence-electron chi connectivity index (χ0n) is 11.8. The molecule has 0 saturated carbocycles. The number of ether oxygens (including phenoxy) is 4. The van der Waals surface area contributed by atoms with Gasteiger partial charge in [0.05, 0.1) is 32.6 Å². The van der Waals surface area contributed by atoms with Gasteiger partial charge in [-0.1, -0.05) is 0 Å². The fourth-order valence-electron chi connectivity index (χ4n) is 1.50. The van der Waals surface area contributed by atoms with Gasteiger partial charge in [0.2, 0.25) is 0 Å². The van der Waals surface area contributed by atoms with Crippen molar-refractivity contribution >= 4 is 17.6 Å². The summed E-state index contributed by atoms with van der Waals surface area (Å²) in [4.78, 5) is 23.2. The number of anilines is 1. The van der Waals surface area contributed by atoms with Crippen molar-refractivity contribution in [3.63, 3.8) is 0 Å². The number of hydrogen-bond acceptors (Lipinski definition) is 7. The molecule has 110 valence electrons. The van der Waals surface area contributed by atoms with Crippen molar-refractivity contribution in [2.45, 2.75) is 13.0 Å². The third-order valence-electron chi connectivity index (χ3n) is 2.61. The van der Waals surface area contributed by atoms with Gasteiger partial charge >= 0.3 is 11.9 Å². The largest absolute Gasteiger partial charge is 0.497 e. The van der Waals surface area contributed by atoms with Gasteiger partial charge in [-0.15, -0.1) is 0 Å². The molecule has 2 N–H and O–H groups in total. The summed E-state index contributed by atoms with van der Waals surface area (Å²) in [5.74, 6) is -0.764. The third-order valence-corrected chi connectivity index (χ3v) is 2.61. The molecule has 0 aromatic heterocycles. The van der Waals surface area contributed by atoms with Crippen molar-refractivity contribution in [2.75, 3.05) is 27.1 Å². The van der Waals surface area contributed by atoms with Crippen LogP contribution in [0.3, 0.4) is 0 Å². The maximum absolute atomic E-state index is 12.0. The summed E-state index contributed by atoms with van der Waals surface area (Å²) in [6.45, 7) is 1.40. The summed E-state index contributed by atoms with van der Waals surface area (Å²) >= 11 is 0. The maximum atomic E-state index is 12.0. The van der Waals surface area contributed by atoms with Crippen LogP contribution < -0.4 is 15.2 Å². The number of nitrogens with two attached hydrogens (primary N) is 1. The average Bonchev–Trinajstić information content (AvgIpc) is 2.46. The lowest BCUT2D eigenvalue weighted by Crippen LogP contribution is -2.25. The lowest BCUT2D eigenvalue weighted by molar-refractivity contribution is -0.149. The molecule has 0 saturated heterocycles. The summed E-state index contributed by atoms with van der Waals surface area (Å²) < 4.78 is 19.5. The van der Waals surface area contributed by atoms with Crippen molar-refractivity contribution < 1.29 is 28.5 Å². The van der Waals surface area contributed by atoms with Crippen molar-refractivity contribution in [3.05, 3.63) is 17.7 Å². The zero-order valence-corrected chi connectivity index (χ0v) is 11.8. The number of benzene rings is 1. The van der Waals surface area contributed by atoms with Gasteiger partial charge in [0.25, 0.3) is 0 Å². The number of methoxy groups -OCH3 is 3. The molecule has 1 aromatic rings. The summed E-state index contributed by atoms with van der Waals surface area (Å²) in [7, 11) is 4.06. The van der Waals surface area contributed by atoms with Gasteiger partial charge in [0.15, 0.2) is 6.10 Å². The quantitative estimate of drug-likeness (QED) is 0.636. The lowest BCUT2D eigenvalue weighted by Gasteiger charge is -2.14. The van der Waals surface area contributed by atoms with Gasteiger partial charge in [-0.05, 0) is 13.0 Å². The van der Waals surface area contributed by atoms with E-state index < -0.39 is 18.0 Å². The second-order valence-electron chi connectivity index (χ2n) is 3.86. The Morgan fingerprint density at radius 2 is 1.80 bits per heavy atom. The minimum absolute atomic E-state index is 0.0527. The molecule has 0 bridgehead atoms. The molecule has 1 aromatic carbocycles. The van der Waals surface area contributed by atoms with E-state index in [4.69, 9.17) is 19.9 Å². The highest BCUT2D eigenvalue weighted by Gasteiger charge is 2.23. The van der Waals surface area contributed by atoms with Crippen molar-refractivity contribution in [1.82, 2.24) is 0 Å². The van der Waals surface area contributed by atoms with Crippen LogP contribution in [0.25, 0.3) is 0 Å². The van der Waals surface area contributed by atoms with Gasteiger partial charge in [-0.3, -0.25) is 0 Å². The van der Waals surface area contributed by atoms with Crippen LogP contribution >= 0.6 is 0 Å². The predicted molar refractivity (Wildman–Crippen MR) is 70.9 cm³/mol. The van der Waals surface area contributed by atoms with Crippen molar-refractivity contribution in [2.24, 2.45) is 0 Å². The molecular weight excluding hydrogens is 266 g/mol. The van der Waals surface area contributed by atoms with Crippen LogP contribution in [-0.4, -0.2) is 39.4 Å². The molecule has 0 spiro atoms. The number of nitrogen functional groups attached to an aromatic ring is 1. The Kier molecular flexibility index (Phi) is 5.19. The summed E-state index contributed by atoms with van der Waals surface area (Å²) in [5, 5.41) is 0. The first-order chi connectivity index (χ1) is 9.44. The number of hydrogen-bond donors (Lipinski definition) is 1. The summed E-state index contributed by atoms with van der Waals surface area (Å²) in [6, 6.07) is 2.94. The molecule has 0 aliphatic carbocycles. The molecule has 0 heterocycles. The van der Waals surface area contributed by atoms with E-state index in [9.17, 15) is 9.59 Å². The van der Waals surface area contributed by atoms with E-state index in [1.807, 2.05) is 0 Å². The molecule has 20 heavy (non-hydrogen) atoms. The minimum atomic E-state index is -1.04. The Morgan fingerprint density at radius 3 is 2.30 bits per heavy atom. The molecular formula is C13H17NO6. The molecule has 0 aliphatic rings. The second kappa shape index (κ2) is 6.65. The molecule has 1 atom stereocenters. The van der Waals surface area contributed by atoms with Crippen molar-refractivity contribution in [3.8, 4) is 11.5 Å². The molecule has 0 fully saturated rings. The minimum Gasteiger partial charge on any atom is -0.497 e. The Labute approximate surface area is 116 Å². The SMILES string of the molecule is COC(=O)C(C)OC(=O)c1cc(OC)cc(OC)c1N. The predicted octanol–water partition coefficient (Wildman–Crippen LogP) is 1.00. The van der Waals surface area contributed by atoms with Gasteiger partial charge in [0, 0.05) is 6.07 Å². The smallest absolute Gasteiger partial charge is 0.346 e. The Morgan fingerprint density at radius 1 is 1.15 bits per heavy atom. The molecule has 1 unspecified atom stereocenters. The monoisotopic (exact) mass is 283 g/mol. The normalized spacial score (nSPS) is 11.4. The second-order valence-corrected chi connectivity index (χ2v) is 3.86. The lowest BCUT2D eigenvalue weighted by atomic mass is 10.1. The fourth-order valence-corrected chi connectivity index (χ4v) is 1.50. The standard InChI is InChI=1S/C13H17NO6/c1-7(12(15)19-4)20-13(16)9-5-8(17-2)6-10(18-3)11(9)14/h5-7H,14H2,1-4H3. The first-order valence-electron chi connectivity index (χ1n) is 5.74. The van der Waals surface area contributed by atoms with Crippen LogP contribution in [-0.2, 0) is 14.3 Å². The first kappa shape index (κ1) is 15.6. The van der Waals surface area contributed by atoms with Gasteiger partial charge in [0.1, 0.15) is 11.5 Å². The number of carbonyl (C=O) groups excluding carboxylic acids is 2. The van der Waals surface area contributed by atoms with E-state index >= 15 is 0 Å². The molecule has 0 aliphatic heterocycles. The molecule has 0 amide bonds. The van der Waals surface area contributed by atoms with Crippen LogP contribution in [0.4, 0.5) is 5.69 Å². The van der Waals surface area contributed by atoms with E-state index in [1.165, 1.54) is 40.4 Å². The number of carbonyl (C=O) groups is 2. The van der Waals surface area contributed by atoms with Gasteiger partial charge < -0.3 is 24.7 Å². The Bertz CT molecular complexity index is 514. The highest BCUT2D eigenvalue weighted by atomic mass is 16.6. The van der Waals surface area contributed by atoms with Crippen molar-refractivity contribution in [1.29, 1.82) is 0 Å². The highest BCUT2D eigenvalue weighted by Crippen LogP contribution is 2.31. The summed E-state index contributed by atoms with van der Waals surface area (Å²) in [5.41, 5.74) is 5.96. The Hall–Kier alpha value is -2.44. The van der Waals surface area contributed by atoms with Crippen LogP contribution in [0, 0.1) is 0 Å². The Balaban J connectivity index is 3.06. The van der Waals surface area contributed by atoms with E-state index in [1.54, 1.807) is 0 Å². The van der Waals surface area contributed by atoms with E-state index in [-0.39, 0.29) is 17.0 Å². The highest BCUT2D eigenvalue weighted by molar-refractivity contribution is 5.98. The average molecular weight is 283 g/mol. The van der Waals surface area contributed by atoms with E-state index in [2.05, 4.69) is 4.74 Å². The topological polar surface area (TPSA) is 97.1 Å². The molecule has 0 radical (unpaired) electrons. The summed E-state index contributed by atoms with van der Waals surface area (Å²) in [6.07, 6.45) is -1.04. The van der Waals surface area contributed by atoms with Crippen LogP contribution in [0.2, 0.25) is 0 Å². The van der Waals surface area contributed by atoms with Crippen LogP contribution in [0.1, 0.15) is 17.3 Å². The third kappa shape index (κ3) is 3.31. The van der Waals surface area contributed by atoms with Crippen LogP contribution in [0.15, 0.2) is 12.1 Å². The van der Waals surface area contributed by atoms with Gasteiger partial charge in [-0.2, -0.15) is 0 Å². The number of rotatable bonds is 5. The molecule has 1 rings (SSSR count). The van der Waals surface area contributed by atoms with Crippen LogP contribution in [0.5, 0.6) is 11.5 Å². The fraction of sp³-hybridized carbons (Fsp3) is 0.385. The molecule has 7 heteroatoms.